The SMILES string of the molecule is CN(C)c1ccc(/C=C2\Cc3cc(O)c(O)cc3C2=O)cc1. The monoisotopic (exact) mass is 295 g/mol. The van der Waals surface area contributed by atoms with E-state index in [1.165, 1.54) is 12.1 Å². The summed E-state index contributed by atoms with van der Waals surface area (Å²) in [5.74, 6) is -0.547. The molecule has 1 aliphatic rings. The van der Waals surface area contributed by atoms with Crippen LogP contribution in [0.1, 0.15) is 21.5 Å². The number of nitrogens with zero attached hydrogens (tertiary/aromatic N) is 1. The summed E-state index contributed by atoms with van der Waals surface area (Å²) in [6.45, 7) is 0. The first-order valence-electron chi connectivity index (χ1n) is 7.03. The maximum Gasteiger partial charge on any atom is 0.189 e. The number of anilines is 1. The molecular formula is C18H17NO3. The van der Waals surface area contributed by atoms with Crippen LogP contribution in [0.4, 0.5) is 5.69 Å². The number of fused-ring (bicyclic) bond motifs is 1. The summed E-state index contributed by atoms with van der Waals surface area (Å²) in [5.41, 5.74) is 3.92. The Hall–Kier alpha value is -2.75. The number of hydrogen-bond donors (Lipinski definition) is 2. The van der Waals surface area contributed by atoms with E-state index >= 15 is 0 Å². The Morgan fingerprint density at radius 2 is 1.68 bits per heavy atom. The number of phenols is 2. The van der Waals surface area contributed by atoms with Crippen LogP contribution in [-0.2, 0) is 6.42 Å². The zero-order valence-electron chi connectivity index (χ0n) is 12.5. The number of carbonyl (C=O) groups excluding carboxylic acids is 1. The van der Waals surface area contributed by atoms with Crippen molar-refractivity contribution in [2.45, 2.75) is 6.42 Å². The molecule has 0 radical (unpaired) electrons. The number of carbonyl (C=O) groups is 1. The molecular weight excluding hydrogens is 278 g/mol. The van der Waals surface area contributed by atoms with Gasteiger partial charge in [0.1, 0.15) is 0 Å². The summed E-state index contributed by atoms with van der Waals surface area (Å²) in [5, 5.41) is 19.1. The van der Waals surface area contributed by atoms with E-state index in [0.29, 0.717) is 17.6 Å². The van der Waals surface area contributed by atoms with Crippen molar-refractivity contribution in [1.29, 1.82) is 0 Å². The van der Waals surface area contributed by atoms with Gasteiger partial charge in [0.15, 0.2) is 17.3 Å². The van der Waals surface area contributed by atoms with Crippen molar-refractivity contribution in [3.63, 3.8) is 0 Å². The van der Waals surface area contributed by atoms with Crippen LogP contribution >= 0.6 is 0 Å². The lowest BCUT2D eigenvalue weighted by Crippen LogP contribution is -2.07. The van der Waals surface area contributed by atoms with E-state index in [2.05, 4.69) is 0 Å². The first kappa shape index (κ1) is 14.2. The minimum absolute atomic E-state index is 0.0954. The topological polar surface area (TPSA) is 60.8 Å². The molecule has 2 aromatic rings. The fraction of sp³-hybridized carbons (Fsp3) is 0.167. The Bertz CT molecular complexity index is 774. The Kier molecular flexibility index (Phi) is 3.37. The molecule has 0 saturated heterocycles. The van der Waals surface area contributed by atoms with E-state index in [1.54, 1.807) is 0 Å². The third kappa shape index (κ3) is 2.44. The van der Waals surface area contributed by atoms with Crippen molar-refractivity contribution in [1.82, 2.24) is 0 Å². The van der Waals surface area contributed by atoms with Gasteiger partial charge in [-0.25, -0.2) is 0 Å². The normalized spacial score (nSPS) is 15.2. The van der Waals surface area contributed by atoms with Gasteiger partial charge in [-0.2, -0.15) is 0 Å². The van der Waals surface area contributed by atoms with E-state index < -0.39 is 0 Å². The van der Waals surface area contributed by atoms with Crippen LogP contribution in [-0.4, -0.2) is 30.1 Å². The summed E-state index contributed by atoms with van der Waals surface area (Å²) < 4.78 is 0. The lowest BCUT2D eigenvalue weighted by molar-refractivity contribution is 0.104. The molecule has 0 heterocycles. The van der Waals surface area contributed by atoms with Gasteiger partial charge in [0.05, 0.1) is 0 Å². The van der Waals surface area contributed by atoms with E-state index in [4.69, 9.17) is 0 Å². The molecule has 4 heteroatoms. The van der Waals surface area contributed by atoms with Gasteiger partial charge in [0.2, 0.25) is 0 Å². The fourth-order valence-corrected chi connectivity index (χ4v) is 2.62. The molecule has 2 N–H and O–H groups in total. The van der Waals surface area contributed by atoms with Gasteiger partial charge in [-0.3, -0.25) is 4.79 Å². The van der Waals surface area contributed by atoms with Crippen LogP contribution in [0.3, 0.4) is 0 Å². The molecule has 0 spiro atoms. The van der Waals surface area contributed by atoms with Gasteiger partial charge in [-0.1, -0.05) is 12.1 Å². The molecule has 0 aromatic heterocycles. The van der Waals surface area contributed by atoms with Crippen LogP contribution < -0.4 is 4.90 Å². The van der Waals surface area contributed by atoms with E-state index in [9.17, 15) is 15.0 Å². The highest BCUT2D eigenvalue weighted by molar-refractivity contribution is 6.15. The third-order valence-electron chi connectivity index (χ3n) is 3.87. The van der Waals surface area contributed by atoms with Gasteiger partial charge in [-0.15, -0.1) is 0 Å². The second kappa shape index (κ2) is 5.22. The zero-order valence-corrected chi connectivity index (χ0v) is 12.5. The van der Waals surface area contributed by atoms with Gasteiger partial charge in [0.25, 0.3) is 0 Å². The predicted molar refractivity (Wildman–Crippen MR) is 86.6 cm³/mol. The van der Waals surface area contributed by atoms with E-state index in [0.717, 1.165) is 16.8 Å². The highest BCUT2D eigenvalue weighted by Crippen LogP contribution is 2.35. The summed E-state index contributed by atoms with van der Waals surface area (Å²) in [6, 6.07) is 10.7. The number of Topliss-reactive ketones (excluding diaryl/α,β-unsaturated/α-hetero) is 1. The van der Waals surface area contributed by atoms with Gasteiger partial charge < -0.3 is 15.1 Å². The molecule has 0 aliphatic heterocycles. The first-order valence-corrected chi connectivity index (χ1v) is 7.03. The summed E-state index contributed by atoms with van der Waals surface area (Å²) >= 11 is 0. The first-order chi connectivity index (χ1) is 10.5. The smallest absolute Gasteiger partial charge is 0.189 e. The maximum atomic E-state index is 12.4. The standard InChI is InChI=1S/C18H17NO3/c1-19(2)14-5-3-11(4-6-14)7-13-8-12-9-16(20)17(21)10-15(12)18(13)22/h3-7,9-10,20-21H,8H2,1-2H3/b13-7+. The Morgan fingerprint density at radius 3 is 2.32 bits per heavy atom. The number of ketones is 1. The average Bonchev–Trinajstić information content (AvgIpc) is 2.77. The molecule has 1 aliphatic carbocycles. The zero-order chi connectivity index (χ0) is 15.9. The van der Waals surface area contributed by atoms with Crippen molar-refractivity contribution in [3.05, 3.63) is 58.7 Å². The Morgan fingerprint density at radius 1 is 1.05 bits per heavy atom. The molecule has 4 nitrogen and oxygen atoms in total. The fourth-order valence-electron chi connectivity index (χ4n) is 2.62. The van der Waals surface area contributed by atoms with E-state index in [-0.39, 0.29) is 17.3 Å². The molecule has 112 valence electrons. The van der Waals surface area contributed by atoms with Crippen molar-refractivity contribution in [2.24, 2.45) is 0 Å². The van der Waals surface area contributed by atoms with Crippen molar-refractivity contribution in [2.75, 3.05) is 19.0 Å². The molecule has 22 heavy (non-hydrogen) atoms. The molecule has 0 saturated carbocycles. The average molecular weight is 295 g/mol. The molecule has 2 aromatic carbocycles. The third-order valence-corrected chi connectivity index (χ3v) is 3.87. The molecule has 0 bridgehead atoms. The van der Waals surface area contributed by atoms with Gasteiger partial charge in [0, 0.05) is 37.3 Å². The molecule has 0 atom stereocenters. The second-order valence-corrected chi connectivity index (χ2v) is 5.66. The van der Waals surface area contributed by atoms with E-state index in [1.807, 2.05) is 49.3 Å². The Balaban J connectivity index is 1.92. The Labute approximate surface area is 128 Å². The van der Waals surface area contributed by atoms with Crippen molar-refractivity contribution < 1.29 is 15.0 Å². The highest BCUT2D eigenvalue weighted by atomic mass is 16.3. The minimum Gasteiger partial charge on any atom is -0.504 e. The number of rotatable bonds is 2. The molecule has 0 amide bonds. The van der Waals surface area contributed by atoms with Gasteiger partial charge >= 0.3 is 0 Å². The molecule has 3 rings (SSSR count). The number of hydrogen-bond acceptors (Lipinski definition) is 4. The number of aromatic hydroxyl groups is 2. The summed E-state index contributed by atoms with van der Waals surface area (Å²) in [6.07, 6.45) is 2.33. The minimum atomic E-state index is -0.260. The molecule has 0 fully saturated rings. The lowest BCUT2D eigenvalue weighted by atomic mass is 10.1. The quantitative estimate of drug-likeness (QED) is 0.660. The van der Waals surface area contributed by atoms with Crippen LogP contribution in [0.25, 0.3) is 6.08 Å². The predicted octanol–water partition coefficient (Wildman–Crippen LogP) is 2.99. The highest BCUT2D eigenvalue weighted by Gasteiger charge is 2.26. The number of phenolic OH excluding ortho intramolecular Hbond substituents is 2. The van der Waals surface area contributed by atoms with Crippen molar-refractivity contribution >= 4 is 17.5 Å². The van der Waals surface area contributed by atoms with Crippen LogP contribution in [0.15, 0.2) is 42.0 Å². The van der Waals surface area contributed by atoms with Gasteiger partial charge in [-0.05, 0) is 41.5 Å². The van der Waals surface area contributed by atoms with Crippen molar-refractivity contribution in [3.8, 4) is 11.5 Å². The lowest BCUT2D eigenvalue weighted by Gasteiger charge is -2.11. The summed E-state index contributed by atoms with van der Waals surface area (Å²) in [4.78, 5) is 14.4. The number of allylic oxidation sites excluding steroid dienone is 1. The van der Waals surface area contributed by atoms with Crippen LogP contribution in [0.2, 0.25) is 0 Å². The second-order valence-electron chi connectivity index (χ2n) is 5.66. The van der Waals surface area contributed by atoms with Crippen LogP contribution in [0, 0.1) is 0 Å². The summed E-state index contributed by atoms with van der Waals surface area (Å²) in [7, 11) is 3.95. The maximum absolute atomic E-state index is 12.4. The van der Waals surface area contributed by atoms with Crippen LogP contribution in [0.5, 0.6) is 11.5 Å². The number of benzene rings is 2. The molecule has 0 unspecified atom stereocenters. The largest absolute Gasteiger partial charge is 0.504 e.